The number of aliphatic carboxylic acids is 1. The minimum atomic E-state index is -5.08. The fourth-order valence-electron chi connectivity index (χ4n) is 4.03. The minimum Gasteiger partial charge on any atom is -0.475 e. The number of sulfonamides is 1. The first-order valence-electron chi connectivity index (χ1n) is 10.1. The standard InChI is InChI=1S/C17H26N2O4S.C2HF3O2/c1-18(9-14-3-2-8-22-14)11-17-16-10-19(7-6-13(16)12-23-17)24(20,21)15-4-5-15;3-2(4,5)1(6)7/h2-3,8,13,15-17H,4-7,9-12H2,1H3;(H,6,7)/t13-,16-,17+;/m0./s1. The Labute approximate surface area is 179 Å². The molecule has 2 aliphatic heterocycles. The van der Waals surface area contributed by atoms with Crippen molar-refractivity contribution >= 4 is 16.0 Å². The van der Waals surface area contributed by atoms with Crippen molar-refractivity contribution in [3.63, 3.8) is 0 Å². The molecular formula is C19H27F3N2O6S. The number of likely N-dealkylation sites (N-methyl/N-ethyl adjacent to an activating group) is 1. The average Bonchev–Trinajstić information content (AvgIpc) is 3.31. The van der Waals surface area contributed by atoms with Crippen molar-refractivity contribution < 1.29 is 40.6 Å². The molecule has 0 bridgehead atoms. The van der Waals surface area contributed by atoms with Crippen molar-refractivity contribution in [1.29, 1.82) is 0 Å². The predicted octanol–water partition coefficient (Wildman–Crippen LogP) is 2.17. The van der Waals surface area contributed by atoms with Gasteiger partial charge in [-0.25, -0.2) is 17.5 Å². The molecule has 3 heterocycles. The molecule has 1 aromatic rings. The van der Waals surface area contributed by atoms with E-state index in [0.717, 1.165) is 44.7 Å². The summed E-state index contributed by atoms with van der Waals surface area (Å²) in [4.78, 5) is 11.1. The predicted molar refractivity (Wildman–Crippen MR) is 104 cm³/mol. The molecule has 3 atom stereocenters. The zero-order chi connectivity index (χ0) is 22.8. The zero-order valence-electron chi connectivity index (χ0n) is 17.1. The first kappa shape index (κ1) is 24.0. The molecule has 1 N–H and O–H groups in total. The van der Waals surface area contributed by atoms with Crippen LogP contribution < -0.4 is 0 Å². The number of fused-ring (bicyclic) bond motifs is 1. The zero-order valence-corrected chi connectivity index (χ0v) is 17.9. The van der Waals surface area contributed by atoms with Crippen LogP contribution in [0, 0.1) is 11.8 Å². The van der Waals surface area contributed by atoms with Gasteiger partial charge in [0.1, 0.15) is 5.76 Å². The van der Waals surface area contributed by atoms with Gasteiger partial charge >= 0.3 is 12.1 Å². The molecule has 2 saturated heterocycles. The van der Waals surface area contributed by atoms with E-state index in [1.54, 1.807) is 10.6 Å². The van der Waals surface area contributed by atoms with Gasteiger partial charge in [-0.3, -0.25) is 4.90 Å². The summed E-state index contributed by atoms with van der Waals surface area (Å²) < 4.78 is 70.0. The van der Waals surface area contributed by atoms with Gasteiger partial charge in [-0.2, -0.15) is 13.2 Å². The average molecular weight is 468 g/mol. The molecule has 0 amide bonds. The van der Waals surface area contributed by atoms with Crippen LogP contribution in [-0.2, 0) is 26.1 Å². The Morgan fingerprint density at radius 1 is 1.32 bits per heavy atom. The van der Waals surface area contributed by atoms with E-state index >= 15 is 0 Å². The van der Waals surface area contributed by atoms with Gasteiger partial charge in [0.2, 0.25) is 10.0 Å². The quantitative estimate of drug-likeness (QED) is 0.683. The maximum Gasteiger partial charge on any atom is 0.490 e. The van der Waals surface area contributed by atoms with Crippen LogP contribution in [0.2, 0.25) is 0 Å². The van der Waals surface area contributed by atoms with E-state index in [9.17, 15) is 21.6 Å². The molecule has 176 valence electrons. The van der Waals surface area contributed by atoms with Gasteiger partial charge in [0, 0.05) is 25.6 Å². The molecule has 8 nitrogen and oxygen atoms in total. The van der Waals surface area contributed by atoms with Crippen LogP contribution >= 0.6 is 0 Å². The van der Waals surface area contributed by atoms with Crippen molar-refractivity contribution in [2.45, 2.75) is 43.3 Å². The van der Waals surface area contributed by atoms with Crippen molar-refractivity contribution in [3.05, 3.63) is 24.2 Å². The van der Waals surface area contributed by atoms with Gasteiger partial charge in [-0.15, -0.1) is 0 Å². The smallest absolute Gasteiger partial charge is 0.475 e. The number of carboxylic acid groups (broad SMARTS) is 1. The summed E-state index contributed by atoms with van der Waals surface area (Å²) >= 11 is 0. The van der Waals surface area contributed by atoms with Crippen LogP contribution in [-0.4, -0.2) is 79.5 Å². The summed E-state index contributed by atoms with van der Waals surface area (Å²) in [6.07, 6.45) is -0.702. The number of hydrogen-bond donors (Lipinski definition) is 1. The normalized spacial score (nSPS) is 26.9. The molecule has 31 heavy (non-hydrogen) atoms. The second-order valence-corrected chi connectivity index (χ2v) is 10.5. The highest BCUT2D eigenvalue weighted by atomic mass is 32.2. The summed E-state index contributed by atoms with van der Waals surface area (Å²) in [5, 5.41) is 7.01. The Balaban J connectivity index is 0.000000339. The molecule has 3 fully saturated rings. The number of nitrogens with zero attached hydrogens (tertiary/aromatic N) is 2. The molecular weight excluding hydrogens is 441 g/mol. The molecule has 1 aromatic heterocycles. The maximum absolute atomic E-state index is 12.5. The summed E-state index contributed by atoms with van der Waals surface area (Å²) in [6, 6.07) is 3.87. The molecule has 1 saturated carbocycles. The van der Waals surface area contributed by atoms with E-state index in [4.69, 9.17) is 19.1 Å². The SMILES string of the molecule is CN(Cc1ccco1)C[C@H]1OC[C@@H]2CCN(S(=O)(=O)C3CC3)C[C@@H]21.O=C(O)C(F)(F)F. The molecule has 12 heteroatoms. The highest BCUT2D eigenvalue weighted by molar-refractivity contribution is 7.90. The first-order chi connectivity index (χ1) is 14.5. The van der Waals surface area contributed by atoms with E-state index in [0.29, 0.717) is 24.9 Å². The number of carbonyl (C=O) groups is 1. The largest absolute Gasteiger partial charge is 0.490 e. The Bertz CT molecular complexity index is 841. The molecule has 0 radical (unpaired) electrons. The third kappa shape index (κ3) is 6.21. The van der Waals surface area contributed by atoms with Crippen LogP contribution in [0.1, 0.15) is 25.0 Å². The highest BCUT2D eigenvalue weighted by Crippen LogP contribution is 2.39. The number of hydrogen-bond acceptors (Lipinski definition) is 6. The number of piperidine rings is 1. The lowest BCUT2D eigenvalue weighted by Gasteiger charge is -2.36. The summed E-state index contributed by atoms with van der Waals surface area (Å²) in [5.41, 5.74) is 0. The number of rotatable bonds is 6. The Hall–Kier alpha value is -1.63. The van der Waals surface area contributed by atoms with Crippen LogP contribution in [0.3, 0.4) is 0 Å². The number of alkyl halides is 3. The van der Waals surface area contributed by atoms with Crippen molar-refractivity contribution in [3.8, 4) is 0 Å². The molecule has 0 aromatic carbocycles. The Kier molecular flexibility index (Phi) is 7.34. The van der Waals surface area contributed by atoms with Crippen LogP contribution in [0.5, 0.6) is 0 Å². The third-order valence-electron chi connectivity index (χ3n) is 5.82. The van der Waals surface area contributed by atoms with Gasteiger partial charge in [0.15, 0.2) is 0 Å². The van der Waals surface area contributed by atoms with Gasteiger partial charge in [0.25, 0.3) is 0 Å². The van der Waals surface area contributed by atoms with Crippen LogP contribution in [0.4, 0.5) is 13.2 Å². The Morgan fingerprint density at radius 2 is 2.00 bits per heavy atom. The molecule has 4 rings (SSSR count). The maximum atomic E-state index is 12.5. The lowest BCUT2D eigenvalue weighted by molar-refractivity contribution is -0.192. The van der Waals surface area contributed by atoms with Crippen molar-refractivity contribution in [1.82, 2.24) is 9.21 Å². The van der Waals surface area contributed by atoms with Gasteiger partial charge in [-0.05, 0) is 44.4 Å². The van der Waals surface area contributed by atoms with Gasteiger partial charge in [-0.1, -0.05) is 0 Å². The van der Waals surface area contributed by atoms with Gasteiger partial charge < -0.3 is 14.3 Å². The lowest BCUT2D eigenvalue weighted by atomic mass is 9.85. The van der Waals surface area contributed by atoms with Crippen molar-refractivity contribution in [2.75, 3.05) is 33.3 Å². The second-order valence-electron chi connectivity index (χ2n) is 8.27. The fourth-order valence-corrected chi connectivity index (χ4v) is 5.93. The summed E-state index contributed by atoms with van der Waals surface area (Å²) in [6.45, 7) is 3.61. The third-order valence-corrected chi connectivity index (χ3v) is 8.18. The first-order valence-corrected chi connectivity index (χ1v) is 11.6. The van der Waals surface area contributed by atoms with E-state index in [2.05, 4.69) is 11.9 Å². The number of ether oxygens (including phenoxy) is 1. The van der Waals surface area contributed by atoms with Crippen molar-refractivity contribution in [2.24, 2.45) is 11.8 Å². The topological polar surface area (TPSA) is 100 Å². The van der Waals surface area contributed by atoms with E-state index in [1.165, 1.54) is 0 Å². The highest BCUT2D eigenvalue weighted by Gasteiger charge is 2.47. The number of carboxylic acids is 1. The van der Waals surface area contributed by atoms with E-state index in [1.807, 2.05) is 12.1 Å². The van der Waals surface area contributed by atoms with Crippen LogP contribution in [0.25, 0.3) is 0 Å². The summed E-state index contributed by atoms with van der Waals surface area (Å²) in [7, 11) is -1.01. The van der Waals surface area contributed by atoms with E-state index in [-0.39, 0.29) is 11.4 Å². The number of halogens is 3. The van der Waals surface area contributed by atoms with Crippen LogP contribution in [0.15, 0.2) is 22.8 Å². The molecule has 3 aliphatic rings. The number of furan rings is 1. The van der Waals surface area contributed by atoms with Gasteiger partial charge in [0.05, 0.1) is 30.8 Å². The summed E-state index contributed by atoms with van der Waals surface area (Å²) in [5.74, 6) is -1.01. The monoisotopic (exact) mass is 468 g/mol. The Morgan fingerprint density at radius 3 is 2.55 bits per heavy atom. The van der Waals surface area contributed by atoms with E-state index < -0.39 is 22.2 Å². The molecule has 0 unspecified atom stereocenters. The fraction of sp³-hybridized carbons (Fsp3) is 0.737. The minimum absolute atomic E-state index is 0.104. The molecule has 0 spiro atoms. The molecule has 1 aliphatic carbocycles. The second kappa shape index (κ2) is 9.47. The lowest BCUT2D eigenvalue weighted by Crippen LogP contribution is -2.47.